The van der Waals surface area contributed by atoms with Crippen molar-refractivity contribution in [3.05, 3.63) is 52.5 Å². The van der Waals surface area contributed by atoms with Gasteiger partial charge >= 0.3 is 31.1 Å². The smallest absolute Gasteiger partial charge is 0.527 e. The van der Waals surface area contributed by atoms with Crippen LogP contribution in [0.15, 0.2) is 23.8 Å². The number of allylic oxidation sites excluding steroid dienone is 3. The van der Waals surface area contributed by atoms with Crippen LogP contribution in [-0.4, -0.2) is 5.11 Å². The Kier molecular flexibility index (Phi) is 12.4. The zero-order chi connectivity index (χ0) is 17.2. The number of hydrogen-bond acceptors (Lipinski definition) is 1. The van der Waals surface area contributed by atoms with E-state index >= 15 is 0 Å². The van der Waals surface area contributed by atoms with Gasteiger partial charge in [0, 0.05) is 5.75 Å². The molecule has 0 radical (unpaired) electrons. The average Bonchev–Trinajstić information content (AvgIpc) is 2.48. The predicted octanol–water partition coefficient (Wildman–Crippen LogP) is 6.59. The molecular weight excluding hydrogens is 518 g/mol. The molecule has 0 bridgehead atoms. The Bertz CT molecular complexity index is 539. The third-order valence-electron chi connectivity index (χ3n) is 4.05. The molecule has 130 valence electrons. The summed E-state index contributed by atoms with van der Waals surface area (Å²) in [5.74, 6) is 1.66. The van der Waals surface area contributed by atoms with E-state index < -0.39 is 0 Å². The summed E-state index contributed by atoms with van der Waals surface area (Å²) in [6, 6.07) is 5.26. The molecule has 1 nitrogen and oxygen atoms in total. The molecule has 0 saturated carbocycles. The van der Waals surface area contributed by atoms with Crippen molar-refractivity contribution >= 4 is 6.08 Å². The molecule has 0 spiro atoms. The first-order valence-electron chi connectivity index (χ1n) is 8.82. The van der Waals surface area contributed by atoms with Gasteiger partial charge in [0.2, 0.25) is 0 Å². The molecule has 1 aromatic carbocycles. The maximum Gasteiger partial charge on any atom is 2.00 e. The minimum atomic E-state index is 0. The number of phenols is 1. The monoisotopic (exact) mass is 550 g/mol. The minimum absolute atomic E-state index is 0. The van der Waals surface area contributed by atoms with Crippen molar-refractivity contribution in [3.63, 3.8) is 0 Å². The van der Waals surface area contributed by atoms with Crippen LogP contribution in [0.1, 0.15) is 76.5 Å². The standard InChI is InChI=1S/C22H32O.U/c1-6-7-8-12-21-15-19(5)20(16-22(21)23)14-13-18(4)11-9-10-17(2)3;/h10,13-15,23H,6-9,11-12H2,1-5H3;/q-2;+2/b14-13-;. The maximum absolute atomic E-state index is 10.2. The van der Waals surface area contributed by atoms with E-state index in [1.165, 1.54) is 29.9 Å². The topological polar surface area (TPSA) is 20.2 Å². The summed E-state index contributed by atoms with van der Waals surface area (Å²) in [7, 11) is 0. The Hall–Kier alpha value is -0.578. The normalized spacial score (nSPS) is 10.5. The number of aromatic hydroxyl groups is 1. The Morgan fingerprint density at radius 1 is 1.29 bits per heavy atom. The summed E-state index contributed by atoms with van der Waals surface area (Å²) in [5, 5.41) is 10.2. The van der Waals surface area contributed by atoms with Crippen molar-refractivity contribution in [3.8, 4) is 5.75 Å². The molecule has 0 aliphatic carbocycles. The van der Waals surface area contributed by atoms with E-state index in [9.17, 15) is 5.11 Å². The van der Waals surface area contributed by atoms with Crippen LogP contribution in [0.4, 0.5) is 0 Å². The van der Waals surface area contributed by atoms with E-state index in [4.69, 9.17) is 0 Å². The number of aryl methyl sites for hydroxylation is 2. The second-order valence-electron chi connectivity index (χ2n) is 6.70. The first kappa shape index (κ1) is 23.4. The van der Waals surface area contributed by atoms with Gasteiger partial charge in [-0.15, -0.1) is 24.1 Å². The maximum atomic E-state index is 10.2. The van der Waals surface area contributed by atoms with Crippen LogP contribution < -0.4 is 0 Å². The van der Waals surface area contributed by atoms with Crippen LogP contribution in [0.5, 0.6) is 5.75 Å². The van der Waals surface area contributed by atoms with E-state index in [0.717, 1.165) is 36.8 Å². The van der Waals surface area contributed by atoms with Crippen molar-refractivity contribution in [2.24, 2.45) is 0 Å². The van der Waals surface area contributed by atoms with E-state index in [0.29, 0.717) is 5.75 Å². The average molecular weight is 551 g/mol. The van der Waals surface area contributed by atoms with Crippen molar-refractivity contribution < 1.29 is 36.2 Å². The third kappa shape index (κ3) is 9.05. The first-order valence-corrected chi connectivity index (χ1v) is 8.82. The molecule has 0 atom stereocenters. The molecule has 0 unspecified atom stereocenters. The van der Waals surface area contributed by atoms with Gasteiger partial charge in [-0.25, -0.2) is 5.92 Å². The molecule has 1 rings (SSSR count). The van der Waals surface area contributed by atoms with Crippen LogP contribution in [0.2, 0.25) is 0 Å². The fourth-order valence-electron chi connectivity index (χ4n) is 2.54. The number of hydrogen-bond donors (Lipinski definition) is 1. The van der Waals surface area contributed by atoms with Gasteiger partial charge in [-0.1, -0.05) is 69.2 Å². The van der Waals surface area contributed by atoms with Gasteiger partial charge in [-0.05, 0) is 20.3 Å². The molecule has 0 saturated heterocycles. The molecule has 0 heterocycles. The van der Waals surface area contributed by atoms with Gasteiger partial charge in [0.05, 0.1) is 0 Å². The number of benzene rings is 1. The molecular formula is C22H32OU. The molecule has 0 aliphatic rings. The second kappa shape index (κ2) is 12.7. The largest absolute Gasteiger partial charge is 2.00 e. The third-order valence-corrected chi connectivity index (χ3v) is 4.05. The Morgan fingerprint density at radius 3 is 2.62 bits per heavy atom. The number of unbranched alkanes of at least 4 members (excludes halogenated alkanes) is 2. The van der Waals surface area contributed by atoms with Gasteiger partial charge in [-0.2, -0.15) is 12.2 Å². The fourth-order valence-corrected chi connectivity index (χ4v) is 2.54. The molecule has 0 amide bonds. The van der Waals surface area contributed by atoms with Gasteiger partial charge < -0.3 is 5.11 Å². The minimum Gasteiger partial charge on any atom is -0.527 e. The molecule has 2 heteroatoms. The Labute approximate surface area is 173 Å². The van der Waals surface area contributed by atoms with Crippen LogP contribution in [-0.2, 0) is 6.42 Å². The molecule has 24 heavy (non-hydrogen) atoms. The number of phenolic OH excluding ortho intramolecular Hbond substituents is 1. The second-order valence-corrected chi connectivity index (χ2v) is 6.70. The van der Waals surface area contributed by atoms with Crippen molar-refractivity contribution in [2.75, 3.05) is 0 Å². The van der Waals surface area contributed by atoms with Crippen molar-refractivity contribution in [1.82, 2.24) is 0 Å². The van der Waals surface area contributed by atoms with Crippen LogP contribution in [0, 0.1) is 50.0 Å². The van der Waals surface area contributed by atoms with Crippen LogP contribution >= 0.6 is 0 Å². The van der Waals surface area contributed by atoms with E-state index in [1.54, 1.807) is 0 Å². The van der Waals surface area contributed by atoms with Gasteiger partial charge in [0.15, 0.2) is 0 Å². The van der Waals surface area contributed by atoms with Gasteiger partial charge in [0.25, 0.3) is 0 Å². The SMILES string of the molecule is CCCCCc1cc(C)c(/C=C\[C-](C)CCC=C(C)C)[c-]c1O.[U+2]. The van der Waals surface area contributed by atoms with Gasteiger partial charge in [0.1, 0.15) is 0 Å². The molecule has 0 fully saturated rings. The predicted molar refractivity (Wildman–Crippen MR) is 102 cm³/mol. The van der Waals surface area contributed by atoms with Crippen LogP contribution in [0.3, 0.4) is 0 Å². The summed E-state index contributed by atoms with van der Waals surface area (Å²) in [6.45, 7) is 10.7. The van der Waals surface area contributed by atoms with E-state index in [2.05, 4.69) is 65.0 Å². The zero-order valence-electron chi connectivity index (χ0n) is 16.0. The Morgan fingerprint density at radius 2 is 2.00 bits per heavy atom. The fraction of sp³-hybridized carbons (Fsp3) is 0.500. The quantitative estimate of drug-likeness (QED) is 0.209. The van der Waals surface area contributed by atoms with Crippen LogP contribution in [0.25, 0.3) is 6.08 Å². The molecule has 1 N–H and O–H groups in total. The Balaban J connectivity index is 0.00000529. The number of rotatable bonds is 9. The van der Waals surface area contributed by atoms with Crippen molar-refractivity contribution in [2.45, 2.75) is 73.1 Å². The van der Waals surface area contributed by atoms with E-state index in [-0.39, 0.29) is 31.1 Å². The first-order chi connectivity index (χ1) is 10.9. The summed E-state index contributed by atoms with van der Waals surface area (Å²) < 4.78 is 0. The van der Waals surface area contributed by atoms with E-state index in [1.807, 2.05) is 0 Å². The molecule has 1 aromatic rings. The molecule has 0 aliphatic heterocycles. The summed E-state index contributed by atoms with van der Waals surface area (Å²) >= 11 is 0. The molecule has 0 aromatic heterocycles. The zero-order valence-corrected chi connectivity index (χ0v) is 20.2. The van der Waals surface area contributed by atoms with Gasteiger partial charge in [-0.3, -0.25) is 0 Å². The van der Waals surface area contributed by atoms with Crippen molar-refractivity contribution in [1.29, 1.82) is 0 Å². The summed E-state index contributed by atoms with van der Waals surface area (Å²) in [5.41, 5.74) is 4.57. The summed E-state index contributed by atoms with van der Waals surface area (Å²) in [4.78, 5) is 0. The summed E-state index contributed by atoms with van der Waals surface area (Å²) in [6.07, 6.45) is 13.1.